The zero-order chi connectivity index (χ0) is 15.1. The molecule has 0 amide bonds. The van der Waals surface area contributed by atoms with Crippen LogP contribution in [0.15, 0.2) is 47.1 Å². The van der Waals surface area contributed by atoms with Crippen molar-refractivity contribution in [3.63, 3.8) is 0 Å². The number of aliphatic hydroxyl groups excluding tert-OH is 1. The molecule has 4 nitrogen and oxygen atoms in total. The van der Waals surface area contributed by atoms with Crippen LogP contribution in [0.1, 0.15) is 17.4 Å². The van der Waals surface area contributed by atoms with Crippen molar-refractivity contribution in [2.75, 3.05) is 26.8 Å². The first kappa shape index (κ1) is 15.7. The number of ether oxygens (including phenoxy) is 1. The first-order valence-corrected chi connectivity index (χ1v) is 6.86. The van der Waals surface area contributed by atoms with Crippen LogP contribution in [0.3, 0.4) is 0 Å². The molecule has 0 saturated heterocycles. The van der Waals surface area contributed by atoms with E-state index in [1.54, 1.807) is 25.5 Å². The molecule has 1 unspecified atom stereocenters. The van der Waals surface area contributed by atoms with E-state index in [-0.39, 0.29) is 5.82 Å². The molecule has 0 bridgehead atoms. The van der Waals surface area contributed by atoms with Gasteiger partial charge < -0.3 is 14.3 Å². The molecule has 0 aliphatic heterocycles. The molecule has 1 aromatic carbocycles. The van der Waals surface area contributed by atoms with Crippen molar-refractivity contribution in [1.82, 2.24) is 4.90 Å². The summed E-state index contributed by atoms with van der Waals surface area (Å²) in [6.07, 6.45) is 0.942. The van der Waals surface area contributed by atoms with E-state index in [0.717, 1.165) is 5.76 Å². The third-order valence-corrected chi connectivity index (χ3v) is 3.26. The predicted molar refractivity (Wildman–Crippen MR) is 77.2 cm³/mol. The molecule has 0 aliphatic carbocycles. The van der Waals surface area contributed by atoms with Gasteiger partial charge in [0.15, 0.2) is 0 Å². The van der Waals surface area contributed by atoms with Gasteiger partial charge in [0.25, 0.3) is 0 Å². The van der Waals surface area contributed by atoms with Gasteiger partial charge in [0.05, 0.1) is 25.5 Å². The monoisotopic (exact) mass is 293 g/mol. The lowest BCUT2D eigenvalue weighted by atomic mass is 10.1. The maximum atomic E-state index is 12.9. The zero-order valence-corrected chi connectivity index (χ0v) is 12.0. The Bertz CT molecular complexity index is 513. The lowest BCUT2D eigenvalue weighted by molar-refractivity contribution is 0.0811. The molecular weight excluding hydrogens is 273 g/mol. The molecule has 1 heterocycles. The molecule has 21 heavy (non-hydrogen) atoms. The average molecular weight is 293 g/mol. The molecule has 5 heteroatoms. The number of hydrogen-bond donors (Lipinski definition) is 1. The number of rotatable bonds is 8. The van der Waals surface area contributed by atoms with E-state index in [1.807, 2.05) is 17.0 Å². The van der Waals surface area contributed by atoms with Crippen LogP contribution in [-0.4, -0.2) is 36.8 Å². The summed E-state index contributed by atoms with van der Waals surface area (Å²) in [5, 5.41) is 10.3. The van der Waals surface area contributed by atoms with Crippen molar-refractivity contribution in [2.24, 2.45) is 0 Å². The Kier molecular flexibility index (Phi) is 5.92. The molecule has 0 radical (unpaired) electrons. The fraction of sp³-hybridized carbons (Fsp3) is 0.375. The molecule has 114 valence electrons. The van der Waals surface area contributed by atoms with Crippen LogP contribution < -0.4 is 0 Å². The summed E-state index contributed by atoms with van der Waals surface area (Å²) in [7, 11) is 1.64. The number of benzene rings is 1. The van der Waals surface area contributed by atoms with Crippen molar-refractivity contribution in [3.8, 4) is 0 Å². The van der Waals surface area contributed by atoms with Crippen LogP contribution in [0.25, 0.3) is 0 Å². The maximum Gasteiger partial charge on any atom is 0.123 e. The van der Waals surface area contributed by atoms with E-state index in [0.29, 0.717) is 31.8 Å². The SMILES string of the molecule is COCCN(Cc1ccco1)CC(O)c1ccc(F)cc1. The summed E-state index contributed by atoms with van der Waals surface area (Å²) < 4.78 is 23.3. The van der Waals surface area contributed by atoms with E-state index in [2.05, 4.69) is 0 Å². The van der Waals surface area contributed by atoms with E-state index in [1.165, 1.54) is 12.1 Å². The van der Waals surface area contributed by atoms with Gasteiger partial charge in [-0.1, -0.05) is 12.1 Å². The first-order valence-electron chi connectivity index (χ1n) is 6.86. The Morgan fingerprint density at radius 3 is 2.67 bits per heavy atom. The highest BCUT2D eigenvalue weighted by Gasteiger charge is 2.15. The van der Waals surface area contributed by atoms with Gasteiger partial charge in [-0.15, -0.1) is 0 Å². The number of furan rings is 1. The van der Waals surface area contributed by atoms with E-state index < -0.39 is 6.10 Å². The fourth-order valence-corrected chi connectivity index (χ4v) is 2.11. The first-order chi connectivity index (χ1) is 10.2. The largest absolute Gasteiger partial charge is 0.468 e. The van der Waals surface area contributed by atoms with Gasteiger partial charge in [-0.2, -0.15) is 0 Å². The Morgan fingerprint density at radius 2 is 2.05 bits per heavy atom. The lowest BCUT2D eigenvalue weighted by Crippen LogP contribution is -2.31. The standard InChI is InChI=1S/C16H20FNO3/c1-20-10-8-18(11-15-3-2-9-21-15)12-16(19)13-4-6-14(17)7-5-13/h2-7,9,16,19H,8,10-12H2,1H3. The summed E-state index contributed by atoms with van der Waals surface area (Å²) in [6.45, 7) is 2.26. The molecule has 1 atom stereocenters. The second-order valence-corrected chi connectivity index (χ2v) is 4.87. The second kappa shape index (κ2) is 7.93. The van der Waals surface area contributed by atoms with Gasteiger partial charge in [0.1, 0.15) is 11.6 Å². The molecule has 0 aliphatic rings. The van der Waals surface area contributed by atoms with Crippen LogP contribution in [0, 0.1) is 5.82 Å². The smallest absolute Gasteiger partial charge is 0.123 e. The number of methoxy groups -OCH3 is 1. The molecule has 0 spiro atoms. The normalized spacial score (nSPS) is 12.8. The van der Waals surface area contributed by atoms with Gasteiger partial charge in [-0.05, 0) is 29.8 Å². The van der Waals surface area contributed by atoms with Crippen LogP contribution in [-0.2, 0) is 11.3 Å². The van der Waals surface area contributed by atoms with Crippen molar-refractivity contribution in [1.29, 1.82) is 0 Å². The van der Waals surface area contributed by atoms with E-state index >= 15 is 0 Å². The molecule has 2 rings (SSSR count). The van der Waals surface area contributed by atoms with Crippen LogP contribution in [0.5, 0.6) is 0 Å². The molecule has 1 aromatic heterocycles. The highest BCUT2D eigenvalue weighted by atomic mass is 19.1. The molecule has 2 aromatic rings. The quantitative estimate of drug-likeness (QED) is 0.812. The van der Waals surface area contributed by atoms with Gasteiger partial charge in [0, 0.05) is 20.2 Å². The minimum absolute atomic E-state index is 0.308. The highest BCUT2D eigenvalue weighted by molar-refractivity contribution is 5.18. The molecule has 0 saturated carbocycles. The summed E-state index contributed by atoms with van der Waals surface area (Å²) in [5.74, 6) is 0.523. The Morgan fingerprint density at radius 1 is 1.29 bits per heavy atom. The van der Waals surface area contributed by atoms with Gasteiger partial charge >= 0.3 is 0 Å². The minimum atomic E-state index is -0.683. The van der Waals surface area contributed by atoms with Gasteiger partial charge in [-0.3, -0.25) is 4.90 Å². The molecule has 1 N–H and O–H groups in total. The highest BCUT2D eigenvalue weighted by Crippen LogP contribution is 2.16. The summed E-state index contributed by atoms with van der Waals surface area (Å²) in [6, 6.07) is 9.63. The van der Waals surface area contributed by atoms with Crippen LogP contribution in [0.2, 0.25) is 0 Å². The Balaban J connectivity index is 1.97. The number of halogens is 1. The number of hydrogen-bond acceptors (Lipinski definition) is 4. The Hall–Kier alpha value is -1.69. The summed E-state index contributed by atoms with van der Waals surface area (Å²) in [4.78, 5) is 2.04. The minimum Gasteiger partial charge on any atom is -0.468 e. The number of nitrogens with zero attached hydrogens (tertiary/aromatic N) is 1. The predicted octanol–water partition coefficient (Wildman–Crippen LogP) is 2.60. The topological polar surface area (TPSA) is 45.8 Å². The lowest BCUT2D eigenvalue weighted by Gasteiger charge is -2.24. The third-order valence-electron chi connectivity index (χ3n) is 3.26. The van der Waals surface area contributed by atoms with Crippen molar-refractivity contribution in [2.45, 2.75) is 12.6 Å². The van der Waals surface area contributed by atoms with Crippen molar-refractivity contribution >= 4 is 0 Å². The van der Waals surface area contributed by atoms with Gasteiger partial charge in [-0.25, -0.2) is 4.39 Å². The summed E-state index contributed by atoms with van der Waals surface area (Å²) >= 11 is 0. The Labute approximate surface area is 123 Å². The second-order valence-electron chi connectivity index (χ2n) is 4.87. The summed E-state index contributed by atoms with van der Waals surface area (Å²) in [5.41, 5.74) is 0.693. The average Bonchev–Trinajstić information content (AvgIpc) is 2.98. The van der Waals surface area contributed by atoms with Gasteiger partial charge in [0.2, 0.25) is 0 Å². The van der Waals surface area contributed by atoms with Crippen molar-refractivity contribution < 1.29 is 18.7 Å². The van der Waals surface area contributed by atoms with Crippen molar-refractivity contribution in [3.05, 3.63) is 59.8 Å². The number of aliphatic hydroxyl groups is 1. The maximum absolute atomic E-state index is 12.9. The zero-order valence-electron chi connectivity index (χ0n) is 12.0. The molecular formula is C16H20FNO3. The van der Waals surface area contributed by atoms with Crippen LogP contribution in [0.4, 0.5) is 4.39 Å². The van der Waals surface area contributed by atoms with Crippen LogP contribution >= 0.6 is 0 Å². The third kappa shape index (κ3) is 4.97. The van der Waals surface area contributed by atoms with E-state index in [4.69, 9.17) is 9.15 Å². The fourth-order valence-electron chi connectivity index (χ4n) is 2.11. The molecule has 0 fully saturated rings. The van der Waals surface area contributed by atoms with E-state index in [9.17, 15) is 9.50 Å².